The number of nitrogens with zero attached hydrogens (tertiary/aromatic N) is 1. The highest BCUT2D eigenvalue weighted by molar-refractivity contribution is 6.05. The molecular weight excluding hydrogens is 324 g/mol. The first-order chi connectivity index (χ1) is 12.5. The molecule has 0 spiro atoms. The summed E-state index contributed by atoms with van der Waals surface area (Å²) in [6, 6.07) is 15.2. The van der Waals surface area contributed by atoms with Gasteiger partial charge in [0.25, 0.3) is 11.5 Å². The fourth-order valence-corrected chi connectivity index (χ4v) is 3.02. The Hall–Kier alpha value is -2.88. The molecule has 0 atom stereocenters. The molecule has 0 bridgehead atoms. The van der Waals surface area contributed by atoms with Crippen molar-refractivity contribution >= 4 is 22.4 Å². The number of amides is 1. The molecular formula is C22H24N2O2. The number of pyridine rings is 1. The largest absolute Gasteiger partial charge is 0.321 e. The van der Waals surface area contributed by atoms with Crippen molar-refractivity contribution in [3.63, 3.8) is 0 Å². The number of nitrogens with one attached hydrogen (secondary N) is 1. The standard InChI is InChI=1S/C22H24N2O2/c1-4-5-12-24-20(21(25)23-18-10-7-15(2)8-11-18)14-17-9-6-16(3)13-19(17)22(24)26/h6-11,13-14H,4-5,12H2,1-3H3,(H,23,25). The van der Waals surface area contributed by atoms with Crippen molar-refractivity contribution < 1.29 is 4.79 Å². The Labute approximate surface area is 153 Å². The van der Waals surface area contributed by atoms with Gasteiger partial charge in [0.15, 0.2) is 0 Å². The van der Waals surface area contributed by atoms with Gasteiger partial charge in [0.05, 0.1) is 0 Å². The maximum absolute atomic E-state index is 13.0. The zero-order chi connectivity index (χ0) is 18.7. The molecule has 0 aliphatic rings. The van der Waals surface area contributed by atoms with Gasteiger partial charge in [-0.15, -0.1) is 0 Å². The third kappa shape index (κ3) is 3.69. The number of unbranched alkanes of at least 4 members (excludes halogenated alkanes) is 1. The molecule has 1 N–H and O–H groups in total. The second-order valence-electron chi connectivity index (χ2n) is 6.75. The van der Waals surface area contributed by atoms with Crippen LogP contribution in [0.25, 0.3) is 10.8 Å². The van der Waals surface area contributed by atoms with E-state index in [0.29, 0.717) is 17.6 Å². The number of rotatable bonds is 5. The van der Waals surface area contributed by atoms with E-state index in [2.05, 4.69) is 12.2 Å². The van der Waals surface area contributed by atoms with Crippen LogP contribution in [-0.4, -0.2) is 10.5 Å². The molecule has 4 nitrogen and oxygen atoms in total. The Morgan fingerprint density at radius 1 is 1.00 bits per heavy atom. The summed E-state index contributed by atoms with van der Waals surface area (Å²) in [5, 5.41) is 4.36. The lowest BCUT2D eigenvalue weighted by Gasteiger charge is -2.15. The minimum atomic E-state index is -0.260. The summed E-state index contributed by atoms with van der Waals surface area (Å²) in [6.07, 6.45) is 1.80. The summed E-state index contributed by atoms with van der Waals surface area (Å²) in [5.74, 6) is -0.260. The normalized spacial score (nSPS) is 10.9. The Kier molecular flexibility index (Phi) is 5.21. The van der Waals surface area contributed by atoms with E-state index in [4.69, 9.17) is 0 Å². The molecule has 0 aliphatic carbocycles. The van der Waals surface area contributed by atoms with Crippen LogP contribution in [0.4, 0.5) is 5.69 Å². The van der Waals surface area contributed by atoms with Gasteiger partial charge in [-0.3, -0.25) is 9.59 Å². The lowest BCUT2D eigenvalue weighted by atomic mass is 10.1. The molecule has 134 valence electrons. The van der Waals surface area contributed by atoms with Gasteiger partial charge >= 0.3 is 0 Å². The molecule has 1 heterocycles. The van der Waals surface area contributed by atoms with Crippen LogP contribution in [0, 0.1) is 13.8 Å². The van der Waals surface area contributed by atoms with Crippen molar-refractivity contribution in [3.05, 3.63) is 75.7 Å². The van der Waals surface area contributed by atoms with Gasteiger partial charge in [-0.2, -0.15) is 0 Å². The zero-order valence-corrected chi connectivity index (χ0v) is 15.5. The summed E-state index contributed by atoms with van der Waals surface area (Å²) in [4.78, 5) is 25.9. The van der Waals surface area contributed by atoms with Crippen molar-refractivity contribution in [2.24, 2.45) is 0 Å². The lowest BCUT2D eigenvalue weighted by molar-refractivity contribution is 0.101. The molecule has 1 aromatic heterocycles. The van der Waals surface area contributed by atoms with Crippen LogP contribution in [-0.2, 0) is 6.54 Å². The highest BCUT2D eigenvalue weighted by Gasteiger charge is 2.16. The quantitative estimate of drug-likeness (QED) is 0.728. The number of carbonyl (C=O) groups is 1. The van der Waals surface area contributed by atoms with E-state index >= 15 is 0 Å². The molecule has 0 saturated heterocycles. The highest BCUT2D eigenvalue weighted by atomic mass is 16.2. The minimum Gasteiger partial charge on any atom is -0.321 e. The van der Waals surface area contributed by atoms with E-state index in [1.807, 2.05) is 62.4 Å². The van der Waals surface area contributed by atoms with Gasteiger partial charge < -0.3 is 9.88 Å². The van der Waals surface area contributed by atoms with Crippen LogP contribution in [0.2, 0.25) is 0 Å². The van der Waals surface area contributed by atoms with E-state index in [1.54, 1.807) is 4.57 Å². The van der Waals surface area contributed by atoms with Crippen LogP contribution in [0.15, 0.2) is 53.3 Å². The Morgan fingerprint density at radius 2 is 1.69 bits per heavy atom. The summed E-state index contributed by atoms with van der Waals surface area (Å²) >= 11 is 0. The number of hydrogen-bond donors (Lipinski definition) is 1. The minimum absolute atomic E-state index is 0.103. The van der Waals surface area contributed by atoms with Crippen LogP contribution in [0.3, 0.4) is 0 Å². The number of hydrogen-bond acceptors (Lipinski definition) is 2. The second-order valence-corrected chi connectivity index (χ2v) is 6.75. The average Bonchev–Trinajstić information content (AvgIpc) is 2.63. The maximum Gasteiger partial charge on any atom is 0.272 e. The first kappa shape index (κ1) is 17.9. The van der Waals surface area contributed by atoms with E-state index in [9.17, 15) is 9.59 Å². The molecule has 0 fully saturated rings. The van der Waals surface area contributed by atoms with Crippen LogP contribution in [0.1, 0.15) is 41.4 Å². The third-order valence-corrected chi connectivity index (χ3v) is 4.54. The van der Waals surface area contributed by atoms with Crippen molar-refractivity contribution in [2.45, 2.75) is 40.2 Å². The lowest BCUT2D eigenvalue weighted by Crippen LogP contribution is -2.29. The van der Waals surface area contributed by atoms with Gasteiger partial charge in [-0.05, 0) is 49.9 Å². The van der Waals surface area contributed by atoms with Crippen molar-refractivity contribution in [1.82, 2.24) is 4.57 Å². The third-order valence-electron chi connectivity index (χ3n) is 4.54. The number of benzene rings is 2. The number of aromatic nitrogens is 1. The Morgan fingerprint density at radius 3 is 2.38 bits per heavy atom. The Bertz CT molecular complexity index is 1000. The molecule has 3 aromatic rings. The molecule has 0 radical (unpaired) electrons. The summed E-state index contributed by atoms with van der Waals surface area (Å²) in [5.41, 5.74) is 3.19. The monoisotopic (exact) mass is 348 g/mol. The predicted octanol–water partition coefficient (Wildman–Crippen LogP) is 4.67. The first-order valence-corrected chi connectivity index (χ1v) is 9.02. The molecule has 2 aromatic carbocycles. The Balaban J connectivity index is 2.07. The predicted molar refractivity (Wildman–Crippen MR) is 107 cm³/mol. The fourth-order valence-electron chi connectivity index (χ4n) is 3.02. The zero-order valence-electron chi connectivity index (χ0n) is 15.5. The van der Waals surface area contributed by atoms with Crippen molar-refractivity contribution in [2.75, 3.05) is 5.32 Å². The van der Waals surface area contributed by atoms with Gasteiger partial charge in [0.2, 0.25) is 0 Å². The number of anilines is 1. The molecule has 0 unspecified atom stereocenters. The summed E-state index contributed by atoms with van der Waals surface area (Å²) in [7, 11) is 0. The van der Waals surface area contributed by atoms with E-state index in [-0.39, 0.29) is 11.5 Å². The average molecular weight is 348 g/mol. The van der Waals surface area contributed by atoms with Crippen LogP contribution >= 0.6 is 0 Å². The van der Waals surface area contributed by atoms with Gasteiger partial charge in [0.1, 0.15) is 5.69 Å². The van der Waals surface area contributed by atoms with E-state index < -0.39 is 0 Å². The second kappa shape index (κ2) is 7.56. The van der Waals surface area contributed by atoms with Gasteiger partial charge in [0, 0.05) is 17.6 Å². The first-order valence-electron chi connectivity index (χ1n) is 9.02. The molecule has 3 rings (SSSR count). The maximum atomic E-state index is 13.0. The van der Waals surface area contributed by atoms with Crippen molar-refractivity contribution in [1.29, 1.82) is 0 Å². The SMILES string of the molecule is CCCCn1c(C(=O)Nc2ccc(C)cc2)cc2ccc(C)cc2c1=O. The molecule has 26 heavy (non-hydrogen) atoms. The van der Waals surface area contributed by atoms with Crippen molar-refractivity contribution in [3.8, 4) is 0 Å². The fraction of sp³-hybridized carbons (Fsp3) is 0.273. The number of fused-ring (bicyclic) bond motifs is 1. The van der Waals surface area contributed by atoms with E-state index in [0.717, 1.165) is 35.0 Å². The summed E-state index contributed by atoms with van der Waals surface area (Å²) < 4.78 is 1.61. The van der Waals surface area contributed by atoms with Crippen LogP contribution < -0.4 is 10.9 Å². The van der Waals surface area contributed by atoms with Gasteiger partial charge in [-0.25, -0.2) is 0 Å². The van der Waals surface area contributed by atoms with E-state index in [1.165, 1.54) is 0 Å². The number of aryl methyl sites for hydroxylation is 2. The molecule has 4 heteroatoms. The molecule has 1 amide bonds. The van der Waals surface area contributed by atoms with Crippen LogP contribution in [0.5, 0.6) is 0 Å². The summed E-state index contributed by atoms with van der Waals surface area (Å²) in [6.45, 7) is 6.57. The molecule has 0 aliphatic heterocycles. The topological polar surface area (TPSA) is 51.1 Å². The van der Waals surface area contributed by atoms with Gasteiger partial charge in [-0.1, -0.05) is 48.7 Å². The smallest absolute Gasteiger partial charge is 0.272 e. The molecule has 0 saturated carbocycles. The highest BCUT2D eigenvalue weighted by Crippen LogP contribution is 2.17. The number of carbonyl (C=O) groups excluding carboxylic acids is 1.